The van der Waals surface area contributed by atoms with E-state index in [0.717, 1.165) is 45.6 Å². The van der Waals surface area contributed by atoms with Crippen molar-refractivity contribution in [2.75, 3.05) is 11.4 Å². The summed E-state index contributed by atoms with van der Waals surface area (Å²) in [6.45, 7) is 0.556. The molecule has 1 amide bonds. The average molecular weight is 438 g/mol. The maximum atomic E-state index is 13.1. The molecule has 2 aromatic carbocycles. The van der Waals surface area contributed by atoms with E-state index >= 15 is 0 Å². The van der Waals surface area contributed by atoms with E-state index in [9.17, 15) is 15.0 Å². The summed E-state index contributed by atoms with van der Waals surface area (Å²) in [7, 11) is 0. The quantitative estimate of drug-likeness (QED) is 0.430. The fraction of sp³-hybridized carbons (Fsp3) is 0.136. The molecule has 8 heteroatoms. The van der Waals surface area contributed by atoms with Gasteiger partial charge in [-0.25, -0.2) is 9.97 Å². The highest BCUT2D eigenvalue weighted by Gasteiger charge is 2.26. The summed E-state index contributed by atoms with van der Waals surface area (Å²) in [5.74, 6) is -0.623. The van der Waals surface area contributed by atoms with Crippen molar-refractivity contribution < 1.29 is 15.0 Å². The van der Waals surface area contributed by atoms with Crippen molar-refractivity contribution in [3.05, 3.63) is 64.3 Å². The van der Waals surface area contributed by atoms with Crippen molar-refractivity contribution in [3.63, 3.8) is 0 Å². The molecular formula is C22H16ClN3O3S. The molecule has 0 bridgehead atoms. The van der Waals surface area contributed by atoms with Gasteiger partial charge >= 0.3 is 0 Å². The fourth-order valence-electron chi connectivity index (χ4n) is 3.83. The first-order valence-electron chi connectivity index (χ1n) is 9.39. The maximum absolute atomic E-state index is 13.1. The molecule has 150 valence electrons. The zero-order valence-electron chi connectivity index (χ0n) is 15.7. The number of rotatable bonds is 2. The van der Waals surface area contributed by atoms with Crippen LogP contribution < -0.4 is 4.90 Å². The second kappa shape index (κ2) is 7.27. The van der Waals surface area contributed by atoms with E-state index in [-0.39, 0.29) is 28.3 Å². The molecule has 4 aromatic rings. The molecule has 5 rings (SSSR count). The van der Waals surface area contributed by atoms with Gasteiger partial charge in [0, 0.05) is 23.9 Å². The van der Waals surface area contributed by atoms with Crippen LogP contribution in [-0.4, -0.2) is 32.6 Å². The zero-order valence-corrected chi connectivity index (χ0v) is 17.2. The number of phenols is 2. The zero-order chi connectivity index (χ0) is 20.8. The van der Waals surface area contributed by atoms with Gasteiger partial charge in [-0.3, -0.25) is 4.79 Å². The monoisotopic (exact) mass is 437 g/mol. The molecule has 0 saturated heterocycles. The van der Waals surface area contributed by atoms with E-state index < -0.39 is 0 Å². The van der Waals surface area contributed by atoms with Crippen LogP contribution >= 0.6 is 22.9 Å². The molecule has 1 aliphatic rings. The Bertz CT molecular complexity index is 1300. The highest BCUT2D eigenvalue weighted by atomic mass is 35.5. The van der Waals surface area contributed by atoms with E-state index in [0.29, 0.717) is 6.54 Å². The number of benzene rings is 2. The third-order valence-electron chi connectivity index (χ3n) is 5.20. The Labute approximate surface area is 181 Å². The number of carbonyl (C=O) groups is 1. The van der Waals surface area contributed by atoms with Crippen LogP contribution in [0.5, 0.6) is 11.5 Å². The minimum absolute atomic E-state index is 0.0869. The number of anilines is 1. The molecule has 0 unspecified atom stereocenters. The molecule has 0 aliphatic carbocycles. The summed E-state index contributed by atoms with van der Waals surface area (Å²) < 4.78 is 0.970. The number of aromatic nitrogens is 2. The van der Waals surface area contributed by atoms with Gasteiger partial charge in [0.1, 0.15) is 11.5 Å². The lowest BCUT2D eigenvalue weighted by molar-refractivity contribution is 0.0982. The number of fused-ring (bicyclic) bond motifs is 2. The van der Waals surface area contributed by atoms with Gasteiger partial charge in [0.15, 0.2) is 0 Å². The number of hydrogen-bond donors (Lipinski definition) is 2. The molecule has 1 aliphatic heterocycles. The van der Waals surface area contributed by atoms with Gasteiger partial charge < -0.3 is 15.1 Å². The number of amides is 1. The lowest BCUT2D eigenvalue weighted by Gasteiger charge is -2.30. The SMILES string of the molecule is O=C(c1ccc(O)cc1O)N1CCCc2cc(-c3nc(Cl)nc4ccsc34)ccc21. The minimum Gasteiger partial charge on any atom is -0.508 e. The molecule has 0 spiro atoms. The highest BCUT2D eigenvalue weighted by Crippen LogP contribution is 2.36. The Hall–Kier alpha value is -3.16. The van der Waals surface area contributed by atoms with Crippen LogP contribution in [0.1, 0.15) is 22.3 Å². The minimum atomic E-state index is -0.299. The van der Waals surface area contributed by atoms with Crippen molar-refractivity contribution in [2.24, 2.45) is 0 Å². The molecule has 2 N–H and O–H groups in total. The van der Waals surface area contributed by atoms with E-state index in [2.05, 4.69) is 9.97 Å². The molecule has 0 fully saturated rings. The number of aryl methyl sites for hydroxylation is 1. The fourth-order valence-corrected chi connectivity index (χ4v) is 4.85. The summed E-state index contributed by atoms with van der Waals surface area (Å²) in [6.07, 6.45) is 1.64. The number of thiophene rings is 1. The third kappa shape index (κ3) is 3.16. The second-order valence-corrected chi connectivity index (χ2v) is 8.34. The Balaban J connectivity index is 1.56. The summed E-state index contributed by atoms with van der Waals surface area (Å²) in [6, 6.07) is 11.8. The van der Waals surface area contributed by atoms with Gasteiger partial charge in [0.05, 0.1) is 21.5 Å². The normalized spacial score (nSPS) is 13.4. The van der Waals surface area contributed by atoms with Gasteiger partial charge in [0.25, 0.3) is 5.91 Å². The molecular weight excluding hydrogens is 422 g/mol. The predicted octanol–water partition coefficient (Wildman–Crippen LogP) is 5.02. The second-order valence-electron chi connectivity index (χ2n) is 7.08. The third-order valence-corrected chi connectivity index (χ3v) is 6.28. The number of phenolic OH excluding ortho intramolecular Hbond substituents is 2. The molecule has 0 radical (unpaired) electrons. The first-order chi connectivity index (χ1) is 14.5. The smallest absolute Gasteiger partial charge is 0.262 e. The summed E-state index contributed by atoms with van der Waals surface area (Å²) in [5.41, 5.74) is 4.52. The van der Waals surface area contributed by atoms with Crippen molar-refractivity contribution in [1.82, 2.24) is 9.97 Å². The predicted molar refractivity (Wildman–Crippen MR) is 118 cm³/mol. The van der Waals surface area contributed by atoms with E-state index in [4.69, 9.17) is 11.6 Å². The van der Waals surface area contributed by atoms with Gasteiger partial charge in [0.2, 0.25) is 5.28 Å². The van der Waals surface area contributed by atoms with Gasteiger partial charge in [-0.15, -0.1) is 11.3 Å². The van der Waals surface area contributed by atoms with Gasteiger partial charge in [-0.2, -0.15) is 0 Å². The molecule has 0 atom stereocenters. The number of nitrogens with zero attached hydrogens (tertiary/aromatic N) is 3. The Kier molecular flexibility index (Phi) is 4.56. The van der Waals surface area contributed by atoms with Crippen LogP contribution in [0.3, 0.4) is 0 Å². The Morgan fingerprint density at radius 3 is 2.80 bits per heavy atom. The number of carbonyl (C=O) groups excluding carboxylic acids is 1. The first kappa shape index (κ1) is 18.8. The lowest BCUT2D eigenvalue weighted by atomic mass is 9.97. The maximum Gasteiger partial charge on any atom is 0.262 e. The number of aromatic hydroxyl groups is 2. The standard InChI is InChI=1S/C22H16ClN3O3S/c23-22-24-16-7-9-30-20(16)19(25-22)13-3-6-17-12(10-13)2-1-8-26(17)21(29)15-5-4-14(27)11-18(15)28/h3-7,9-11,27-28H,1-2,8H2. The first-order valence-corrected chi connectivity index (χ1v) is 10.6. The average Bonchev–Trinajstić information content (AvgIpc) is 3.20. The number of halogens is 1. The van der Waals surface area contributed by atoms with Crippen molar-refractivity contribution in [3.8, 4) is 22.8 Å². The summed E-state index contributed by atoms with van der Waals surface area (Å²) in [5, 5.41) is 21.8. The van der Waals surface area contributed by atoms with E-state index in [1.807, 2.05) is 29.6 Å². The molecule has 3 heterocycles. The highest BCUT2D eigenvalue weighted by molar-refractivity contribution is 7.17. The topological polar surface area (TPSA) is 86.5 Å². The van der Waals surface area contributed by atoms with Crippen molar-refractivity contribution in [2.45, 2.75) is 12.8 Å². The van der Waals surface area contributed by atoms with Crippen molar-refractivity contribution >= 4 is 44.7 Å². The van der Waals surface area contributed by atoms with Gasteiger partial charge in [-0.1, -0.05) is 6.07 Å². The Morgan fingerprint density at radius 1 is 1.10 bits per heavy atom. The molecule has 30 heavy (non-hydrogen) atoms. The van der Waals surface area contributed by atoms with E-state index in [1.165, 1.54) is 18.2 Å². The van der Waals surface area contributed by atoms with E-state index in [1.54, 1.807) is 16.2 Å². The molecule has 2 aromatic heterocycles. The van der Waals surface area contributed by atoms with Crippen LogP contribution in [0.15, 0.2) is 47.8 Å². The summed E-state index contributed by atoms with van der Waals surface area (Å²) >= 11 is 7.68. The van der Waals surface area contributed by atoms with Crippen LogP contribution in [0.2, 0.25) is 5.28 Å². The van der Waals surface area contributed by atoms with Crippen LogP contribution in [0.25, 0.3) is 21.5 Å². The largest absolute Gasteiger partial charge is 0.508 e. The molecule has 6 nitrogen and oxygen atoms in total. The van der Waals surface area contributed by atoms with Crippen LogP contribution in [0.4, 0.5) is 5.69 Å². The van der Waals surface area contributed by atoms with Crippen LogP contribution in [0, 0.1) is 0 Å². The number of hydrogen-bond acceptors (Lipinski definition) is 6. The molecule has 0 saturated carbocycles. The van der Waals surface area contributed by atoms with Crippen molar-refractivity contribution in [1.29, 1.82) is 0 Å². The van der Waals surface area contributed by atoms with Gasteiger partial charge in [-0.05, 0) is 65.7 Å². The lowest BCUT2D eigenvalue weighted by Crippen LogP contribution is -2.35. The Morgan fingerprint density at radius 2 is 1.97 bits per heavy atom. The van der Waals surface area contributed by atoms with Crippen LogP contribution in [-0.2, 0) is 6.42 Å². The summed E-state index contributed by atoms with van der Waals surface area (Å²) in [4.78, 5) is 23.5.